The molecule has 0 spiro atoms. The Hall–Kier alpha value is -3.92. The fraction of sp³-hybridized carbons (Fsp3) is 0. The van der Waals surface area contributed by atoms with E-state index in [0.717, 1.165) is 16.8 Å². The minimum atomic E-state index is -0.247. The van der Waals surface area contributed by atoms with E-state index in [2.05, 4.69) is 4.98 Å². The Balaban J connectivity index is 1.63. The Kier molecular flexibility index (Phi) is 4.85. The highest BCUT2D eigenvalue weighted by molar-refractivity contribution is 6.07. The summed E-state index contributed by atoms with van der Waals surface area (Å²) in [7, 11) is 0. The van der Waals surface area contributed by atoms with Gasteiger partial charge in [-0.25, -0.2) is 4.79 Å². The van der Waals surface area contributed by atoms with Crippen LogP contribution < -0.4 is 5.69 Å². The van der Waals surface area contributed by atoms with Gasteiger partial charge in [0.15, 0.2) is 5.78 Å². The van der Waals surface area contributed by atoms with Crippen LogP contribution in [0.2, 0.25) is 0 Å². The highest BCUT2D eigenvalue weighted by Crippen LogP contribution is 2.17. The Morgan fingerprint density at radius 3 is 2.32 bits per heavy atom. The predicted octanol–water partition coefficient (Wildman–Crippen LogP) is 4.73. The molecule has 4 nitrogen and oxygen atoms in total. The number of H-pyrrole nitrogens is 1. The van der Waals surface area contributed by atoms with Gasteiger partial charge >= 0.3 is 5.69 Å². The number of benzene rings is 3. The van der Waals surface area contributed by atoms with Gasteiger partial charge in [0.1, 0.15) is 0 Å². The average molecular weight is 366 g/mol. The van der Waals surface area contributed by atoms with E-state index in [-0.39, 0.29) is 11.5 Å². The molecule has 0 bridgehead atoms. The van der Waals surface area contributed by atoms with Crippen molar-refractivity contribution >= 4 is 11.9 Å². The van der Waals surface area contributed by atoms with Gasteiger partial charge in [0.2, 0.25) is 0 Å². The maximum atomic E-state index is 12.5. The molecule has 28 heavy (non-hydrogen) atoms. The third-order valence-electron chi connectivity index (χ3n) is 4.44. The second-order valence-corrected chi connectivity index (χ2v) is 6.37. The first-order valence-corrected chi connectivity index (χ1v) is 8.96. The normalized spacial score (nSPS) is 11.0. The topological polar surface area (TPSA) is 54.9 Å². The molecule has 0 saturated carbocycles. The zero-order valence-corrected chi connectivity index (χ0v) is 15.1. The molecule has 0 unspecified atom stereocenters. The number of carbonyl (C=O) groups excluding carboxylic acids is 1. The number of hydrogen-bond acceptors (Lipinski definition) is 2. The predicted molar refractivity (Wildman–Crippen MR) is 112 cm³/mol. The van der Waals surface area contributed by atoms with E-state index in [1.165, 1.54) is 4.57 Å². The molecule has 0 atom stereocenters. The third kappa shape index (κ3) is 3.76. The van der Waals surface area contributed by atoms with Crippen molar-refractivity contribution in [3.05, 3.63) is 119 Å². The number of ketones is 1. The van der Waals surface area contributed by atoms with Gasteiger partial charge in [0.05, 0.1) is 11.4 Å². The Morgan fingerprint density at radius 2 is 1.57 bits per heavy atom. The summed E-state index contributed by atoms with van der Waals surface area (Å²) < 4.78 is 1.51. The van der Waals surface area contributed by atoms with Gasteiger partial charge in [-0.1, -0.05) is 78.9 Å². The van der Waals surface area contributed by atoms with E-state index in [1.54, 1.807) is 36.5 Å². The van der Waals surface area contributed by atoms with Crippen molar-refractivity contribution in [2.75, 3.05) is 0 Å². The lowest BCUT2D eigenvalue weighted by Gasteiger charge is -2.03. The number of nitrogens with zero attached hydrogens (tertiary/aromatic N) is 1. The lowest BCUT2D eigenvalue weighted by molar-refractivity contribution is 0.104. The quantitative estimate of drug-likeness (QED) is 0.410. The lowest BCUT2D eigenvalue weighted by Crippen LogP contribution is -2.14. The monoisotopic (exact) mass is 366 g/mol. The van der Waals surface area contributed by atoms with E-state index in [9.17, 15) is 9.59 Å². The number of aromatic nitrogens is 2. The summed E-state index contributed by atoms with van der Waals surface area (Å²) >= 11 is 0. The van der Waals surface area contributed by atoms with Crippen molar-refractivity contribution in [1.29, 1.82) is 0 Å². The smallest absolute Gasteiger partial charge is 0.305 e. The molecule has 1 heterocycles. The summed E-state index contributed by atoms with van der Waals surface area (Å²) in [5.74, 6) is -0.113. The largest absolute Gasteiger partial charge is 0.330 e. The zero-order valence-electron chi connectivity index (χ0n) is 15.1. The lowest BCUT2D eigenvalue weighted by atomic mass is 10.1. The second kappa shape index (κ2) is 7.76. The molecule has 136 valence electrons. The van der Waals surface area contributed by atoms with Crippen LogP contribution in [0.3, 0.4) is 0 Å². The average Bonchev–Trinajstić information content (AvgIpc) is 3.15. The van der Waals surface area contributed by atoms with Gasteiger partial charge in [0.25, 0.3) is 0 Å². The molecule has 0 aliphatic rings. The summed E-state index contributed by atoms with van der Waals surface area (Å²) in [6, 6.07) is 26.3. The molecule has 3 aromatic carbocycles. The standard InChI is InChI=1S/C24H18N2O2/c27-23(15-14-18-8-3-1-4-9-18)20-12-7-13-21(16-20)26-17-22(25-24(26)28)19-10-5-2-6-11-19/h1-17H,(H,25,28). The van der Waals surface area contributed by atoms with Gasteiger partial charge in [-0.15, -0.1) is 0 Å². The first kappa shape index (κ1) is 17.5. The van der Waals surface area contributed by atoms with Crippen LogP contribution in [0.5, 0.6) is 0 Å². The van der Waals surface area contributed by atoms with Gasteiger partial charge in [-0.05, 0) is 29.3 Å². The fourth-order valence-corrected chi connectivity index (χ4v) is 2.99. The summed E-state index contributed by atoms with van der Waals surface area (Å²) in [6.07, 6.45) is 5.08. The number of hydrogen-bond donors (Lipinski definition) is 1. The Bertz CT molecular complexity index is 1190. The number of imidazole rings is 1. The summed E-state index contributed by atoms with van der Waals surface area (Å²) in [5.41, 5.74) is 3.54. The van der Waals surface area contributed by atoms with Crippen LogP contribution in [0.25, 0.3) is 23.0 Å². The number of rotatable bonds is 5. The molecule has 0 aliphatic carbocycles. The van der Waals surface area contributed by atoms with Crippen LogP contribution in [0.1, 0.15) is 15.9 Å². The second-order valence-electron chi connectivity index (χ2n) is 6.37. The molecular weight excluding hydrogens is 348 g/mol. The van der Waals surface area contributed by atoms with Crippen molar-refractivity contribution < 1.29 is 4.79 Å². The molecule has 0 saturated heterocycles. The minimum absolute atomic E-state index is 0.113. The fourth-order valence-electron chi connectivity index (χ4n) is 2.99. The molecule has 0 fully saturated rings. The minimum Gasteiger partial charge on any atom is -0.305 e. The molecular formula is C24H18N2O2. The van der Waals surface area contributed by atoms with E-state index in [0.29, 0.717) is 11.3 Å². The SMILES string of the molecule is O=C(C=Cc1ccccc1)c1cccc(-n2cc(-c3ccccc3)[nH]c2=O)c1. The van der Waals surface area contributed by atoms with Crippen LogP contribution in [0.4, 0.5) is 0 Å². The van der Waals surface area contributed by atoms with Crippen LogP contribution in [0.15, 0.2) is 102 Å². The maximum Gasteiger partial charge on any atom is 0.330 e. The van der Waals surface area contributed by atoms with Crippen molar-refractivity contribution in [3.63, 3.8) is 0 Å². The first-order chi connectivity index (χ1) is 13.7. The summed E-state index contributed by atoms with van der Waals surface area (Å²) in [5, 5.41) is 0. The van der Waals surface area contributed by atoms with Crippen LogP contribution >= 0.6 is 0 Å². The maximum absolute atomic E-state index is 12.5. The van der Waals surface area contributed by atoms with Crippen molar-refractivity contribution in [1.82, 2.24) is 9.55 Å². The van der Waals surface area contributed by atoms with Crippen molar-refractivity contribution in [2.24, 2.45) is 0 Å². The van der Waals surface area contributed by atoms with Crippen molar-refractivity contribution in [2.45, 2.75) is 0 Å². The number of nitrogens with one attached hydrogen (secondary N) is 1. The number of aromatic amines is 1. The van der Waals surface area contributed by atoms with Gasteiger partial charge in [-0.2, -0.15) is 0 Å². The highest BCUT2D eigenvalue weighted by atomic mass is 16.1. The van der Waals surface area contributed by atoms with E-state index in [4.69, 9.17) is 0 Å². The number of carbonyl (C=O) groups is 1. The molecule has 0 amide bonds. The van der Waals surface area contributed by atoms with Crippen LogP contribution in [-0.4, -0.2) is 15.3 Å². The summed E-state index contributed by atoms with van der Waals surface area (Å²) in [4.78, 5) is 27.8. The Labute approximate surface area is 162 Å². The molecule has 4 heteroatoms. The molecule has 0 aliphatic heterocycles. The van der Waals surface area contributed by atoms with Gasteiger partial charge in [-0.3, -0.25) is 9.36 Å². The van der Waals surface area contributed by atoms with E-state index in [1.807, 2.05) is 66.7 Å². The van der Waals surface area contributed by atoms with E-state index >= 15 is 0 Å². The molecule has 1 aromatic heterocycles. The zero-order chi connectivity index (χ0) is 19.3. The highest BCUT2D eigenvalue weighted by Gasteiger charge is 2.09. The van der Waals surface area contributed by atoms with Crippen LogP contribution in [-0.2, 0) is 0 Å². The van der Waals surface area contributed by atoms with Crippen molar-refractivity contribution in [3.8, 4) is 16.9 Å². The third-order valence-corrected chi connectivity index (χ3v) is 4.44. The number of allylic oxidation sites excluding steroid dienone is 1. The first-order valence-electron chi connectivity index (χ1n) is 8.96. The van der Waals surface area contributed by atoms with Gasteiger partial charge < -0.3 is 4.98 Å². The van der Waals surface area contributed by atoms with E-state index < -0.39 is 0 Å². The Morgan fingerprint density at radius 1 is 0.857 bits per heavy atom. The molecule has 4 rings (SSSR count). The summed E-state index contributed by atoms with van der Waals surface area (Å²) in [6.45, 7) is 0. The molecule has 0 radical (unpaired) electrons. The molecule has 4 aromatic rings. The van der Waals surface area contributed by atoms with Gasteiger partial charge in [0, 0.05) is 11.8 Å². The molecule has 1 N–H and O–H groups in total. The van der Waals surface area contributed by atoms with Crippen LogP contribution in [0, 0.1) is 0 Å².